The van der Waals surface area contributed by atoms with E-state index in [0.29, 0.717) is 34.0 Å². The predicted octanol–water partition coefficient (Wildman–Crippen LogP) is 1.39. The summed E-state index contributed by atoms with van der Waals surface area (Å²) in [5.74, 6) is -3.35. The van der Waals surface area contributed by atoms with E-state index in [1.807, 2.05) is 32.0 Å². The van der Waals surface area contributed by atoms with Crippen LogP contribution in [0.4, 0.5) is 0 Å². The Morgan fingerprint density at radius 3 is 2.37 bits per heavy atom. The number of aliphatic hydroxyl groups excluding tert-OH is 4. The molecule has 9 atom stereocenters. The number of esters is 1. The Labute approximate surface area is 399 Å². The zero-order valence-electron chi connectivity index (χ0n) is 38.4. The molecule has 0 amide bonds. The molecule has 1 saturated heterocycles. The van der Waals surface area contributed by atoms with Crippen molar-refractivity contribution < 1.29 is 78.7 Å². The van der Waals surface area contributed by atoms with Gasteiger partial charge in [-0.15, -0.1) is 0 Å². The van der Waals surface area contributed by atoms with Crippen LogP contribution in [0.25, 0.3) is 44.3 Å². The molecule has 0 spiro atoms. The van der Waals surface area contributed by atoms with Crippen LogP contribution in [0.1, 0.15) is 37.3 Å². The highest BCUT2D eigenvalue weighted by molar-refractivity contribution is 5.98. The van der Waals surface area contributed by atoms with Gasteiger partial charge in [0.2, 0.25) is 18.4 Å². The van der Waals surface area contributed by atoms with E-state index in [4.69, 9.17) is 23.5 Å². The molecule has 21 heteroatoms. The molecule has 3 aromatic heterocycles. The number of aliphatic hydroxyl groups is 6. The van der Waals surface area contributed by atoms with Crippen molar-refractivity contribution in [3.63, 3.8) is 0 Å². The zero-order chi connectivity index (χ0) is 50.5. The van der Waals surface area contributed by atoms with Gasteiger partial charge in [0.25, 0.3) is 0 Å². The number of phenols is 1. The number of fused-ring (bicyclic) bond motifs is 2. The van der Waals surface area contributed by atoms with Crippen LogP contribution in [-0.4, -0.2) is 149 Å². The van der Waals surface area contributed by atoms with Gasteiger partial charge in [0.15, 0.2) is 22.9 Å². The van der Waals surface area contributed by atoms with Gasteiger partial charge in [0, 0.05) is 49.3 Å². The van der Waals surface area contributed by atoms with Gasteiger partial charge in [-0.05, 0) is 81.6 Å². The molecule has 0 aliphatic carbocycles. The molecule has 1 aliphatic rings. The fourth-order valence-electron chi connectivity index (χ4n) is 8.74. The van der Waals surface area contributed by atoms with Crippen LogP contribution in [0.15, 0.2) is 94.6 Å². The van der Waals surface area contributed by atoms with Crippen molar-refractivity contribution in [3.8, 4) is 33.9 Å². The summed E-state index contributed by atoms with van der Waals surface area (Å²) in [5.41, 5.74) is -2.80. The maximum absolute atomic E-state index is 13.8. The molecule has 6 aromatic rings. The highest BCUT2D eigenvalue weighted by Crippen LogP contribution is 2.45. The number of phenolic OH excluding ortho intramolecular Hbond substituents is 1. The molecular formula is C49H56N4O17. The smallest absolute Gasteiger partial charge is 0.336 e. The number of carboxylic acids is 1. The third-order valence-corrected chi connectivity index (χ3v) is 12.1. The lowest BCUT2D eigenvalue weighted by Gasteiger charge is -2.57. The first-order valence-corrected chi connectivity index (χ1v) is 22.4. The number of benzene rings is 3. The third kappa shape index (κ3) is 10.3. The van der Waals surface area contributed by atoms with Crippen molar-refractivity contribution in [1.29, 1.82) is 0 Å². The van der Waals surface area contributed by atoms with Gasteiger partial charge in [0.05, 0.1) is 41.5 Å². The van der Waals surface area contributed by atoms with Crippen LogP contribution in [-0.2, 0) is 23.9 Å². The van der Waals surface area contributed by atoms with E-state index in [9.17, 15) is 60.0 Å². The number of ether oxygens (including phenoxy) is 3. The highest BCUT2D eigenvalue weighted by Gasteiger charge is 2.72. The molecule has 7 rings (SSSR count). The summed E-state index contributed by atoms with van der Waals surface area (Å²) >= 11 is 0. The first kappa shape index (κ1) is 51.2. The number of rotatable bonds is 22. The van der Waals surface area contributed by atoms with Crippen LogP contribution >= 0.6 is 0 Å². The van der Waals surface area contributed by atoms with E-state index in [0.717, 1.165) is 11.1 Å². The number of aryl methyl sites for hydroxylation is 2. The molecule has 0 saturated carbocycles. The van der Waals surface area contributed by atoms with Crippen LogP contribution in [0, 0.1) is 13.8 Å². The number of carbonyl (C=O) groups excluding carboxylic acids is 2. The maximum Gasteiger partial charge on any atom is 0.336 e. The Hall–Kier alpha value is -6.66. The lowest BCUT2D eigenvalue weighted by molar-refractivity contribution is -0.388. The first-order valence-electron chi connectivity index (χ1n) is 22.4. The van der Waals surface area contributed by atoms with E-state index in [1.165, 1.54) is 60.4 Å². The van der Waals surface area contributed by atoms with E-state index in [-0.39, 0.29) is 47.4 Å². The van der Waals surface area contributed by atoms with Crippen LogP contribution in [0.3, 0.4) is 0 Å². The van der Waals surface area contributed by atoms with Gasteiger partial charge < -0.3 is 74.1 Å². The van der Waals surface area contributed by atoms with Crippen LogP contribution in [0.2, 0.25) is 0 Å². The second kappa shape index (κ2) is 21.5. The number of carbonyl (C=O) groups is 3. The van der Waals surface area contributed by atoms with Crippen LogP contribution < -0.4 is 25.6 Å². The van der Waals surface area contributed by atoms with E-state index < -0.39 is 97.7 Å². The molecule has 0 bridgehead atoms. The lowest BCUT2D eigenvalue weighted by atomic mass is 9.68. The van der Waals surface area contributed by atoms with Gasteiger partial charge >= 0.3 is 11.9 Å². The number of nitrogens with zero attached hydrogens (tertiary/aromatic N) is 1. The summed E-state index contributed by atoms with van der Waals surface area (Å²) in [6, 6.07) is 15.3. The molecule has 4 heterocycles. The molecule has 70 heavy (non-hydrogen) atoms. The minimum Gasteiger partial charge on any atom is -0.508 e. The van der Waals surface area contributed by atoms with Crippen molar-refractivity contribution in [3.05, 3.63) is 107 Å². The summed E-state index contributed by atoms with van der Waals surface area (Å²) in [5, 5.41) is 95.9. The van der Waals surface area contributed by atoms with Gasteiger partial charge in [0.1, 0.15) is 41.4 Å². The van der Waals surface area contributed by atoms with Gasteiger partial charge in [-0.2, -0.15) is 4.73 Å². The van der Waals surface area contributed by atoms with E-state index >= 15 is 0 Å². The molecule has 1 aliphatic heterocycles. The standard InChI is InChI=1S/C49H56N4O17/c1-26-18-27(2)20-31(19-26)40-38-30(13-15-51-38)23-53(40)70-43-47(67-33-11-12-34-36(21-33)66-24-35(41(34)60)29-7-9-32(58)10-8-29)68-42(48(64,25-56)49(43,65)37(59)6-4-16-54)44(52-22-28(3)57)69-46(63)39(45(61)62)50-14-5-17-55/h7-13,15,17-21,23-24,28,37,39,42-44,47,50-52,54,56-59,64-65H,4-6,14,16,22,25H2,1-3H3,(H,61,62)/t28-,37+,39+,42-,43+,44+,47-,48-,49-/m0/s1. The van der Waals surface area contributed by atoms with E-state index in [1.54, 1.807) is 18.5 Å². The zero-order valence-corrected chi connectivity index (χ0v) is 38.4. The number of aromatic nitrogens is 2. The average Bonchev–Trinajstić information content (AvgIpc) is 3.92. The summed E-state index contributed by atoms with van der Waals surface area (Å²) in [6.07, 6.45) is -7.67. The second-order valence-electron chi connectivity index (χ2n) is 17.3. The number of aliphatic carboxylic acids is 1. The highest BCUT2D eigenvalue weighted by atomic mass is 16.8. The molecule has 3 aromatic carbocycles. The SMILES string of the molecule is Cc1cc(C)cc(-c2c3[nH]ccc3cn2O[C@@H]2[C@@H](Oc3ccc4c(=O)c(-c5ccc(O)cc5)coc4c3)O[C@@H]([C@H](NC[C@H](C)O)OC(=O)[C@H](NCCC=O)C(=O)O)[C@@](O)(CO)[C@]2(O)[C@H](O)CCCO)c1. The minimum atomic E-state index is -3.18. The van der Waals surface area contributed by atoms with Crippen LogP contribution in [0.5, 0.6) is 11.5 Å². The largest absolute Gasteiger partial charge is 0.508 e. The average molecular weight is 973 g/mol. The Bertz CT molecular complexity index is 2840. The monoisotopic (exact) mass is 972 g/mol. The van der Waals surface area contributed by atoms with Crippen molar-refractivity contribution in [2.45, 2.75) is 94.2 Å². The number of aromatic hydroxyl groups is 1. The normalized spacial score (nSPS) is 22.0. The Morgan fingerprint density at radius 2 is 1.71 bits per heavy atom. The number of hydrogen-bond donors (Lipinski definition) is 11. The molecule has 0 unspecified atom stereocenters. The molecule has 1 fully saturated rings. The Kier molecular flexibility index (Phi) is 15.8. The quantitative estimate of drug-likeness (QED) is 0.0151. The molecular weight excluding hydrogens is 917 g/mol. The van der Waals surface area contributed by atoms with E-state index in [2.05, 4.69) is 15.6 Å². The molecule has 21 nitrogen and oxygen atoms in total. The number of H-pyrrole nitrogens is 1. The van der Waals surface area contributed by atoms with Crippen molar-refractivity contribution in [1.82, 2.24) is 20.3 Å². The van der Waals surface area contributed by atoms with Crippen molar-refractivity contribution in [2.24, 2.45) is 0 Å². The molecule has 11 N–H and O–H groups in total. The third-order valence-electron chi connectivity index (χ3n) is 12.1. The number of carboxylic acid groups (broad SMARTS) is 1. The molecule has 0 radical (unpaired) electrons. The molecule has 374 valence electrons. The fourth-order valence-corrected chi connectivity index (χ4v) is 8.74. The number of nitrogens with one attached hydrogen (secondary N) is 3. The lowest BCUT2D eigenvalue weighted by Crippen LogP contribution is -2.83. The Balaban J connectivity index is 1.41. The fraction of sp³-hybridized carbons (Fsp3) is 0.388. The van der Waals surface area contributed by atoms with Gasteiger partial charge in [-0.1, -0.05) is 29.3 Å². The first-order chi connectivity index (χ1) is 33.4. The van der Waals surface area contributed by atoms with Gasteiger partial charge in [-0.25, -0.2) is 9.59 Å². The summed E-state index contributed by atoms with van der Waals surface area (Å²) < 4.78 is 25.8. The second-order valence-corrected chi connectivity index (χ2v) is 17.3. The minimum absolute atomic E-state index is 0.00367. The summed E-state index contributed by atoms with van der Waals surface area (Å²) in [6.45, 7) is 2.45. The van der Waals surface area contributed by atoms with Crippen molar-refractivity contribution in [2.75, 3.05) is 26.3 Å². The maximum atomic E-state index is 13.8. The van der Waals surface area contributed by atoms with Crippen molar-refractivity contribution >= 4 is 40.1 Å². The summed E-state index contributed by atoms with van der Waals surface area (Å²) in [7, 11) is 0. The number of aromatic amines is 1. The number of hydrogen-bond acceptors (Lipinski definition) is 18. The topological polar surface area (TPSA) is 325 Å². The number of aldehydes is 1. The predicted molar refractivity (Wildman–Crippen MR) is 249 cm³/mol. The Morgan fingerprint density at radius 1 is 0.986 bits per heavy atom. The summed E-state index contributed by atoms with van der Waals surface area (Å²) in [4.78, 5) is 60.8. The van der Waals surface area contributed by atoms with Gasteiger partial charge in [-0.3, -0.25) is 15.4 Å².